The van der Waals surface area contributed by atoms with Crippen LogP contribution in [-0.4, -0.2) is 12.1 Å². The summed E-state index contributed by atoms with van der Waals surface area (Å²) < 4.78 is 4.90. The van der Waals surface area contributed by atoms with Crippen molar-refractivity contribution in [3.05, 3.63) is 12.2 Å². The molecule has 0 fully saturated rings. The van der Waals surface area contributed by atoms with E-state index in [4.69, 9.17) is 4.74 Å². The summed E-state index contributed by atoms with van der Waals surface area (Å²) in [5.74, 6) is 5.29. The molecule has 0 heterocycles. The van der Waals surface area contributed by atoms with Gasteiger partial charge in [-0.2, -0.15) is 0 Å². The number of carbonyl (C=O) groups is 1. The molecule has 12 heavy (non-hydrogen) atoms. The lowest BCUT2D eigenvalue weighted by molar-refractivity contribution is -0.143. The molecule has 1 unspecified atom stereocenters. The minimum atomic E-state index is -0.294. The van der Waals surface area contributed by atoms with Gasteiger partial charge in [0.05, 0.1) is 0 Å². The summed E-state index contributed by atoms with van der Waals surface area (Å²) >= 11 is 0. The van der Waals surface area contributed by atoms with Crippen molar-refractivity contribution in [1.82, 2.24) is 0 Å². The molecule has 0 bridgehead atoms. The molecule has 0 saturated heterocycles. The molecule has 0 amide bonds. The van der Waals surface area contributed by atoms with Gasteiger partial charge in [-0.1, -0.05) is 25.3 Å². The highest BCUT2D eigenvalue weighted by molar-refractivity contribution is 5.66. The van der Waals surface area contributed by atoms with E-state index in [2.05, 4.69) is 18.4 Å². The average Bonchev–Trinajstić information content (AvgIpc) is 1.97. The van der Waals surface area contributed by atoms with Crippen molar-refractivity contribution < 1.29 is 9.53 Å². The lowest BCUT2D eigenvalue weighted by Crippen LogP contribution is -2.12. The van der Waals surface area contributed by atoms with E-state index in [1.165, 1.54) is 6.92 Å². The predicted molar refractivity (Wildman–Crippen MR) is 48.4 cm³/mol. The van der Waals surface area contributed by atoms with Gasteiger partial charge in [0.2, 0.25) is 0 Å². The third kappa shape index (κ3) is 5.55. The van der Waals surface area contributed by atoms with E-state index >= 15 is 0 Å². The molecular weight excluding hydrogens is 152 g/mol. The van der Waals surface area contributed by atoms with Gasteiger partial charge in [-0.05, 0) is 18.9 Å². The summed E-state index contributed by atoms with van der Waals surface area (Å²) in [7, 11) is 0. The second kappa shape index (κ2) is 5.42. The van der Waals surface area contributed by atoms with Gasteiger partial charge in [0.25, 0.3) is 0 Å². The zero-order valence-electron chi connectivity index (χ0n) is 7.81. The zero-order valence-corrected chi connectivity index (χ0v) is 7.81. The normalized spacial score (nSPS) is 10.9. The maximum absolute atomic E-state index is 10.5. The maximum Gasteiger partial charge on any atom is 0.303 e. The van der Waals surface area contributed by atoms with Gasteiger partial charge in [0.15, 0.2) is 6.10 Å². The standard InChI is InChI=1S/C10H14O2/c1-5-10(12-9(4)11)7-6-8(2)3/h10H,2,5H2,1,3-4H3. The van der Waals surface area contributed by atoms with Gasteiger partial charge >= 0.3 is 5.97 Å². The molecule has 0 saturated carbocycles. The molecular formula is C10H14O2. The molecule has 2 heteroatoms. The lowest BCUT2D eigenvalue weighted by Gasteiger charge is -2.06. The monoisotopic (exact) mass is 166 g/mol. The summed E-state index contributed by atoms with van der Waals surface area (Å²) in [6.45, 7) is 8.74. The molecule has 0 aliphatic carbocycles. The Kier molecular flexibility index (Phi) is 4.87. The molecule has 0 radical (unpaired) electrons. The van der Waals surface area contributed by atoms with Gasteiger partial charge in [-0.15, -0.1) is 0 Å². The van der Waals surface area contributed by atoms with Crippen LogP contribution in [0.2, 0.25) is 0 Å². The van der Waals surface area contributed by atoms with E-state index in [1.54, 1.807) is 0 Å². The number of carbonyl (C=O) groups excluding carboxylic acids is 1. The number of hydrogen-bond donors (Lipinski definition) is 0. The van der Waals surface area contributed by atoms with Gasteiger partial charge in [0, 0.05) is 6.92 Å². The third-order valence-corrected chi connectivity index (χ3v) is 1.13. The molecule has 0 aromatic carbocycles. The van der Waals surface area contributed by atoms with Crippen LogP contribution in [0.25, 0.3) is 0 Å². The smallest absolute Gasteiger partial charge is 0.303 e. The van der Waals surface area contributed by atoms with Crippen molar-refractivity contribution in [2.75, 3.05) is 0 Å². The second-order valence-electron chi connectivity index (χ2n) is 2.56. The van der Waals surface area contributed by atoms with E-state index < -0.39 is 0 Å². The molecule has 0 rings (SSSR count). The Morgan fingerprint density at radius 3 is 2.50 bits per heavy atom. The topological polar surface area (TPSA) is 26.3 Å². The van der Waals surface area contributed by atoms with Crippen LogP contribution in [0.3, 0.4) is 0 Å². The van der Waals surface area contributed by atoms with Crippen LogP contribution in [0.4, 0.5) is 0 Å². The minimum absolute atomic E-state index is 0.292. The largest absolute Gasteiger partial charge is 0.449 e. The van der Waals surface area contributed by atoms with Gasteiger partial charge < -0.3 is 4.74 Å². The van der Waals surface area contributed by atoms with Crippen LogP contribution in [0.5, 0.6) is 0 Å². The van der Waals surface area contributed by atoms with E-state index in [0.29, 0.717) is 6.42 Å². The van der Waals surface area contributed by atoms with Crippen molar-refractivity contribution >= 4 is 5.97 Å². The molecule has 66 valence electrons. The SMILES string of the molecule is C=C(C)C#CC(CC)OC(C)=O. The number of ether oxygens (including phenoxy) is 1. The van der Waals surface area contributed by atoms with Crippen molar-refractivity contribution in [2.24, 2.45) is 0 Å². The first-order valence-electron chi connectivity index (χ1n) is 3.90. The van der Waals surface area contributed by atoms with Gasteiger partial charge in [-0.3, -0.25) is 4.79 Å². The Hall–Kier alpha value is -1.23. The van der Waals surface area contributed by atoms with Crippen LogP contribution < -0.4 is 0 Å². The number of allylic oxidation sites excluding steroid dienone is 1. The first-order chi connectivity index (χ1) is 5.56. The van der Waals surface area contributed by atoms with Crippen LogP contribution in [0.15, 0.2) is 12.2 Å². The first kappa shape index (κ1) is 10.8. The average molecular weight is 166 g/mol. The van der Waals surface area contributed by atoms with E-state index in [9.17, 15) is 4.79 Å². The molecule has 0 aromatic heterocycles. The van der Waals surface area contributed by atoms with E-state index in [-0.39, 0.29) is 12.1 Å². The number of rotatable bonds is 2. The summed E-state index contributed by atoms with van der Waals surface area (Å²) in [5, 5.41) is 0. The van der Waals surface area contributed by atoms with Crippen molar-refractivity contribution in [2.45, 2.75) is 33.3 Å². The summed E-state index contributed by atoms with van der Waals surface area (Å²) in [6.07, 6.45) is 0.416. The fourth-order valence-corrected chi connectivity index (χ4v) is 0.619. The Labute approximate surface area is 73.6 Å². The van der Waals surface area contributed by atoms with E-state index in [0.717, 1.165) is 5.57 Å². The molecule has 1 atom stereocenters. The van der Waals surface area contributed by atoms with Gasteiger partial charge in [0.1, 0.15) is 0 Å². The summed E-state index contributed by atoms with van der Waals surface area (Å²) in [4.78, 5) is 10.5. The summed E-state index contributed by atoms with van der Waals surface area (Å²) in [5.41, 5.74) is 0.778. The third-order valence-electron chi connectivity index (χ3n) is 1.13. The Morgan fingerprint density at radius 1 is 1.58 bits per heavy atom. The Bertz CT molecular complexity index is 230. The number of esters is 1. The fourth-order valence-electron chi connectivity index (χ4n) is 0.619. The maximum atomic E-state index is 10.5. The lowest BCUT2D eigenvalue weighted by atomic mass is 10.2. The molecule has 0 N–H and O–H groups in total. The molecule has 0 aromatic rings. The highest BCUT2D eigenvalue weighted by atomic mass is 16.5. The predicted octanol–water partition coefficient (Wildman–Crippen LogP) is 1.91. The van der Waals surface area contributed by atoms with Gasteiger partial charge in [-0.25, -0.2) is 0 Å². The van der Waals surface area contributed by atoms with Crippen LogP contribution in [-0.2, 0) is 9.53 Å². The van der Waals surface area contributed by atoms with Crippen molar-refractivity contribution in [1.29, 1.82) is 0 Å². The Morgan fingerprint density at radius 2 is 2.17 bits per heavy atom. The Balaban J connectivity index is 4.11. The highest BCUT2D eigenvalue weighted by Crippen LogP contribution is 1.97. The number of hydrogen-bond acceptors (Lipinski definition) is 2. The molecule has 0 aliphatic rings. The summed E-state index contributed by atoms with van der Waals surface area (Å²) in [6, 6.07) is 0. The van der Waals surface area contributed by atoms with Crippen molar-refractivity contribution in [3.8, 4) is 11.8 Å². The highest BCUT2D eigenvalue weighted by Gasteiger charge is 2.03. The van der Waals surface area contributed by atoms with Crippen LogP contribution in [0, 0.1) is 11.8 Å². The van der Waals surface area contributed by atoms with E-state index in [1.807, 2.05) is 13.8 Å². The van der Waals surface area contributed by atoms with Crippen molar-refractivity contribution in [3.63, 3.8) is 0 Å². The quantitative estimate of drug-likeness (QED) is 0.462. The first-order valence-corrected chi connectivity index (χ1v) is 3.90. The minimum Gasteiger partial charge on any atom is -0.449 e. The van der Waals surface area contributed by atoms with Crippen LogP contribution >= 0.6 is 0 Å². The fraction of sp³-hybridized carbons (Fsp3) is 0.500. The molecule has 2 nitrogen and oxygen atoms in total. The second-order valence-corrected chi connectivity index (χ2v) is 2.56. The zero-order chi connectivity index (χ0) is 9.56. The van der Waals surface area contributed by atoms with Crippen LogP contribution in [0.1, 0.15) is 27.2 Å². The molecule has 0 spiro atoms. The molecule has 0 aliphatic heterocycles.